The normalized spacial score (nSPS) is 22.1. The van der Waals surface area contributed by atoms with Crippen molar-refractivity contribution < 1.29 is 9.18 Å². The number of nitrogens with one attached hydrogen (secondary N) is 1. The molecule has 1 amide bonds. The van der Waals surface area contributed by atoms with E-state index in [2.05, 4.69) is 10.2 Å². The van der Waals surface area contributed by atoms with E-state index in [1.54, 1.807) is 12.1 Å². The Kier molecular flexibility index (Phi) is 4.93. The second kappa shape index (κ2) is 7.09. The number of hydrogen-bond donors (Lipinski definition) is 1. The Morgan fingerprint density at radius 1 is 1.18 bits per heavy atom. The number of halogens is 1. The van der Waals surface area contributed by atoms with Gasteiger partial charge in [0.1, 0.15) is 5.82 Å². The summed E-state index contributed by atoms with van der Waals surface area (Å²) in [6.07, 6.45) is 2.87. The molecule has 4 nitrogen and oxygen atoms in total. The van der Waals surface area contributed by atoms with E-state index < -0.39 is 0 Å². The highest BCUT2D eigenvalue weighted by atomic mass is 19.1. The molecule has 0 saturated carbocycles. The molecule has 2 aliphatic rings. The minimum absolute atomic E-state index is 0.209. The van der Waals surface area contributed by atoms with Crippen LogP contribution in [-0.4, -0.2) is 50.1 Å². The van der Waals surface area contributed by atoms with Crippen molar-refractivity contribution in [3.63, 3.8) is 0 Å². The predicted octanol–water partition coefficient (Wildman–Crippen LogP) is 1.86. The molecule has 1 aromatic rings. The fourth-order valence-electron chi connectivity index (χ4n) is 3.31. The summed E-state index contributed by atoms with van der Waals surface area (Å²) in [7, 11) is 0. The molecule has 120 valence electrons. The van der Waals surface area contributed by atoms with E-state index in [1.807, 2.05) is 4.90 Å². The van der Waals surface area contributed by atoms with E-state index >= 15 is 0 Å². The van der Waals surface area contributed by atoms with Gasteiger partial charge in [-0.05, 0) is 56.1 Å². The van der Waals surface area contributed by atoms with Crippen molar-refractivity contribution >= 4 is 11.6 Å². The highest BCUT2D eigenvalue weighted by molar-refractivity contribution is 5.76. The average molecular weight is 305 g/mol. The first kappa shape index (κ1) is 15.3. The van der Waals surface area contributed by atoms with Crippen LogP contribution in [0.1, 0.15) is 19.3 Å². The Labute approximate surface area is 131 Å². The van der Waals surface area contributed by atoms with E-state index in [9.17, 15) is 9.18 Å². The zero-order valence-electron chi connectivity index (χ0n) is 12.9. The van der Waals surface area contributed by atoms with Gasteiger partial charge < -0.3 is 15.1 Å². The van der Waals surface area contributed by atoms with Gasteiger partial charge in [0.05, 0.1) is 0 Å². The first-order valence-corrected chi connectivity index (χ1v) is 8.21. The SMILES string of the molecule is O=C(CCC1CCNC1)N1CCN(c2ccc(F)cc2)CC1. The van der Waals surface area contributed by atoms with Gasteiger partial charge >= 0.3 is 0 Å². The minimum Gasteiger partial charge on any atom is -0.368 e. The lowest BCUT2D eigenvalue weighted by atomic mass is 10.0. The molecule has 3 rings (SSSR count). The van der Waals surface area contributed by atoms with E-state index in [0.29, 0.717) is 12.3 Å². The number of carbonyl (C=O) groups excluding carboxylic acids is 1. The summed E-state index contributed by atoms with van der Waals surface area (Å²) in [5, 5.41) is 3.35. The maximum Gasteiger partial charge on any atom is 0.222 e. The molecule has 0 aromatic heterocycles. The van der Waals surface area contributed by atoms with Gasteiger partial charge in [0.15, 0.2) is 0 Å². The van der Waals surface area contributed by atoms with Crippen molar-refractivity contribution in [3.05, 3.63) is 30.1 Å². The van der Waals surface area contributed by atoms with Gasteiger partial charge in [-0.1, -0.05) is 0 Å². The number of rotatable bonds is 4. The maximum atomic E-state index is 13.0. The fraction of sp³-hybridized carbons (Fsp3) is 0.588. The third kappa shape index (κ3) is 3.77. The third-order valence-corrected chi connectivity index (χ3v) is 4.75. The zero-order valence-corrected chi connectivity index (χ0v) is 12.9. The lowest BCUT2D eigenvalue weighted by Crippen LogP contribution is -2.48. The number of nitrogens with zero attached hydrogens (tertiary/aromatic N) is 2. The summed E-state index contributed by atoms with van der Waals surface area (Å²) in [4.78, 5) is 16.5. The smallest absolute Gasteiger partial charge is 0.222 e. The molecule has 1 aromatic carbocycles. The molecule has 0 radical (unpaired) electrons. The van der Waals surface area contributed by atoms with Crippen LogP contribution in [-0.2, 0) is 4.79 Å². The summed E-state index contributed by atoms with van der Waals surface area (Å²) < 4.78 is 13.0. The van der Waals surface area contributed by atoms with Crippen LogP contribution in [0.3, 0.4) is 0 Å². The summed E-state index contributed by atoms with van der Waals surface area (Å²) in [5.74, 6) is 0.745. The van der Waals surface area contributed by atoms with Gasteiger partial charge in [-0.15, -0.1) is 0 Å². The molecule has 0 aliphatic carbocycles. The first-order valence-electron chi connectivity index (χ1n) is 8.21. The maximum absolute atomic E-state index is 13.0. The number of hydrogen-bond acceptors (Lipinski definition) is 3. The van der Waals surface area contributed by atoms with Gasteiger partial charge in [-0.2, -0.15) is 0 Å². The monoisotopic (exact) mass is 305 g/mol. The lowest BCUT2D eigenvalue weighted by molar-refractivity contribution is -0.131. The minimum atomic E-state index is -0.209. The molecular formula is C17H24FN3O. The molecular weight excluding hydrogens is 281 g/mol. The van der Waals surface area contributed by atoms with Crippen LogP contribution in [0, 0.1) is 11.7 Å². The summed E-state index contributed by atoms with van der Waals surface area (Å²) in [6.45, 7) is 5.32. The van der Waals surface area contributed by atoms with Gasteiger partial charge in [0.25, 0.3) is 0 Å². The van der Waals surface area contributed by atoms with Crippen LogP contribution in [0.4, 0.5) is 10.1 Å². The Balaban J connectivity index is 1.44. The molecule has 1 atom stereocenters. The average Bonchev–Trinajstić information content (AvgIpc) is 3.07. The standard InChI is InChI=1S/C17H24FN3O/c18-15-2-4-16(5-3-15)20-9-11-21(12-10-20)17(22)6-1-14-7-8-19-13-14/h2-5,14,19H,1,6-13H2. The molecule has 5 heteroatoms. The van der Waals surface area contributed by atoms with E-state index in [0.717, 1.165) is 51.4 Å². The molecule has 2 fully saturated rings. The predicted molar refractivity (Wildman–Crippen MR) is 85.4 cm³/mol. The van der Waals surface area contributed by atoms with Crippen LogP contribution in [0.2, 0.25) is 0 Å². The number of carbonyl (C=O) groups is 1. The number of amides is 1. The molecule has 0 spiro atoms. The van der Waals surface area contributed by atoms with Crippen LogP contribution in [0.5, 0.6) is 0 Å². The number of anilines is 1. The first-order chi connectivity index (χ1) is 10.7. The Morgan fingerprint density at radius 3 is 2.55 bits per heavy atom. The van der Waals surface area contributed by atoms with Crippen molar-refractivity contribution in [1.82, 2.24) is 10.2 Å². The lowest BCUT2D eigenvalue weighted by Gasteiger charge is -2.36. The zero-order chi connectivity index (χ0) is 15.4. The van der Waals surface area contributed by atoms with E-state index in [4.69, 9.17) is 0 Å². The fourth-order valence-corrected chi connectivity index (χ4v) is 3.31. The molecule has 1 unspecified atom stereocenters. The Morgan fingerprint density at radius 2 is 1.91 bits per heavy atom. The van der Waals surface area contributed by atoms with Crippen molar-refractivity contribution in [2.75, 3.05) is 44.2 Å². The van der Waals surface area contributed by atoms with Crippen molar-refractivity contribution in [2.45, 2.75) is 19.3 Å². The van der Waals surface area contributed by atoms with Crippen LogP contribution < -0.4 is 10.2 Å². The topological polar surface area (TPSA) is 35.6 Å². The van der Waals surface area contributed by atoms with E-state index in [1.165, 1.54) is 18.6 Å². The van der Waals surface area contributed by atoms with Gasteiger partial charge in [-0.3, -0.25) is 4.79 Å². The third-order valence-electron chi connectivity index (χ3n) is 4.75. The molecule has 2 aliphatic heterocycles. The summed E-state index contributed by atoms with van der Waals surface area (Å²) in [5.41, 5.74) is 1.03. The van der Waals surface area contributed by atoms with Gasteiger partial charge in [0.2, 0.25) is 5.91 Å². The van der Waals surface area contributed by atoms with Crippen molar-refractivity contribution in [1.29, 1.82) is 0 Å². The van der Waals surface area contributed by atoms with E-state index in [-0.39, 0.29) is 11.7 Å². The second-order valence-electron chi connectivity index (χ2n) is 6.24. The molecule has 0 bridgehead atoms. The Bertz CT molecular complexity index is 491. The largest absolute Gasteiger partial charge is 0.368 e. The summed E-state index contributed by atoms with van der Waals surface area (Å²) >= 11 is 0. The summed E-state index contributed by atoms with van der Waals surface area (Å²) in [6, 6.07) is 6.59. The van der Waals surface area contributed by atoms with Crippen LogP contribution >= 0.6 is 0 Å². The second-order valence-corrected chi connectivity index (χ2v) is 6.24. The van der Waals surface area contributed by atoms with Gasteiger partial charge in [-0.25, -0.2) is 4.39 Å². The van der Waals surface area contributed by atoms with Gasteiger partial charge in [0, 0.05) is 38.3 Å². The van der Waals surface area contributed by atoms with Crippen molar-refractivity contribution in [2.24, 2.45) is 5.92 Å². The highest BCUT2D eigenvalue weighted by Gasteiger charge is 2.22. The molecule has 2 heterocycles. The highest BCUT2D eigenvalue weighted by Crippen LogP contribution is 2.19. The van der Waals surface area contributed by atoms with Crippen molar-refractivity contribution in [3.8, 4) is 0 Å². The molecule has 2 saturated heterocycles. The molecule has 1 N–H and O–H groups in total. The quantitative estimate of drug-likeness (QED) is 0.922. The molecule has 22 heavy (non-hydrogen) atoms. The van der Waals surface area contributed by atoms with Crippen LogP contribution in [0.25, 0.3) is 0 Å². The number of benzene rings is 1. The number of piperazine rings is 1. The van der Waals surface area contributed by atoms with Crippen LogP contribution in [0.15, 0.2) is 24.3 Å². The Hall–Kier alpha value is -1.62.